The highest BCUT2D eigenvalue weighted by molar-refractivity contribution is 7.99. The number of carbonyl (C=O) groups excluding carboxylic acids is 1. The predicted octanol–water partition coefficient (Wildman–Crippen LogP) is 3.67. The van der Waals surface area contributed by atoms with Crippen LogP contribution < -0.4 is 0 Å². The van der Waals surface area contributed by atoms with Gasteiger partial charge in [0.25, 0.3) is 0 Å². The van der Waals surface area contributed by atoms with Gasteiger partial charge in [0.1, 0.15) is 0 Å². The zero-order chi connectivity index (χ0) is 20.2. The Morgan fingerprint density at radius 2 is 1.86 bits per heavy atom. The maximum Gasteiger partial charge on any atom is 0.233 e. The number of benzene rings is 1. The fraction of sp³-hybridized carbons (Fsp3) is 0.364. The number of carbonyl (C=O) groups is 1. The highest BCUT2D eigenvalue weighted by Crippen LogP contribution is 2.26. The molecular weight excluding hydrogens is 382 g/mol. The Morgan fingerprint density at radius 3 is 2.62 bits per heavy atom. The summed E-state index contributed by atoms with van der Waals surface area (Å²) in [4.78, 5) is 18.9. The number of nitrogens with zero attached hydrogens (tertiary/aromatic N) is 5. The van der Waals surface area contributed by atoms with Crippen LogP contribution in [0.4, 0.5) is 0 Å². The van der Waals surface area contributed by atoms with E-state index in [1.54, 1.807) is 12.4 Å². The van der Waals surface area contributed by atoms with Crippen LogP contribution in [0.5, 0.6) is 0 Å². The van der Waals surface area contributed by atoms with Crippen molar-refractivity contribution >= 4 is 17.7 Å². The van der Waals surface area contributed by atoms with Gasteiger partial charge in [-0.05, 0) is 35.6 Å². The SMILES string of the molecule is CC(C)Cn1c(SCC(=O)N2CCc3ccccc3C2)nnc1-c1ccncc1. The average Bonchev–Trinajstić information content (AvgIpc) is 3.14. The van der Waals surface area contributed by atoms with Crippen molar-refractivity contribution in [3.05, 3.63) is 59.9 Å². The molecule has 150 valence electrons. The van der Waals surface area contributed by atoms with Crippen molar-refractivity contribution < 1.29 is 4.79 Å². The first-order chi connectivity index (χ1) is 14.1. The molecule has 1 aromatic carbocycles. The lowest BCUT2D eigenvalue weighted by Crippen LogP contribution is -2.37. The fourth-order valence-corrected chi connectivity index (χ4v) is 4.42. The number of thioether (sulfide) groups is 1. The molecular formula is C22H25N5OS. The van der Waals surface area contributed by atoms with E-state index in [0.717, 1.165) is 36.1 Å². The van der Waals surface area contributed by atoms with E-state index in [1.165, 1.54) is 22.9 Å². The van der Waals surface area contributed by atoms with Crippen LogP contribution in [-0.4, -0.2) is 42.9 Å². The predicted molar refractivity (Wildman–Crippen MR) is 114 cm³/mol. The van der Waals surface area contributed by atoms with Crippen LogP contribution in [-0.2, 0) is 24.3 Å². The molecule has 0 spiro atoms. The molecule has 2 aromatic heterocycles. The molecule has 6 nitrogen and oxygen atoms in total. The third kappa shape index (κ3) is 4.50. The van der Waals surface area contributed by atoms with Gasteiger partial charge in [-0.2, -0.15) is 0 Å². The minimum atomic E-state index is 0.147. The van der Waals surface area contributed by atoms with Gasteiger partial charge in [-0.15, -0.1) is 10.2 Å². The van der Waals surface area contributed by atoms with Crippen LogP contribution in [0.1, 0.15) is 25.0 Å². The Morgan fingerprint density at radius 1 is 1.10 bits per heavy atom. The van der Waals surface area contributed by atoms with Crippen molar-refractivity contribution in [2.75, 3.05) is 12.3 Å². The maximum atomic E-state index is 12.8. The third-order valence-corrected chi connectivity index (χ3v) is 5.96. The van der Waals surface area contributed by atoms with E-state index in [9.17, 15) is 4.79 Å². The second-order valence-corrected chi connectivity index (χ2v) is 8.61. The van der Waals surface area contributed by atoms with Crippen molar-refractivity contribution in [2.24, 2.45) is 5.92 Å². The molecule has 0 fully saturated rings. The van der Waals surface area contributed by atoms with E-state index in [1.807, 2.05) is 23.1 Å². The van der Waals surface area contributed by atoms with Crippen LogP contribution in [0, 0.1) is 5.92 Å². The van der Waals surface area contributed by atoms with Crippen LogP contribution >= 0.6 is 11.8 Å². The zero-order valence-electron chi connectivity index (χ0n) is 16.8. The highest BCUT2D eigenvalue weighted by Gasteiger charge is 2.22. The summed E-state index contributed by atoms with van der Waals surface area (Å²) in [5, 5.41) is 9.57. The normalized spacial score (nSPS) is 13.6. The average molecular weight is 408 g/mol. The molecule has 1 amide bonds. The van der Waals surface area contributed by atoms with Crippen molar-refractivity contribution in [1.82, 2.24) is 24.6 Å². The van der Waals surface area contributed by atoms with Gasteiger partial charge in [0, 0.05) is 37.6 Å². The maximum absolute atomic E-state index is 12.8. The van der Waals surface area contributed by atoms with Crippen LogP contribution in [0.25, 0.3) is 11.4 Å². The molecule has 0 radical (unpaired) electrons. The van der Waals surface area contributed by atoms with Gasteiger partial charge >= 0.3 is 0 Å². The largest absolute Gasteiger partial charge is 0.337 e. The number of rotatable bonds is 6. The summed E-state index contributed by atoms with van der Waals surface area (Å²) in [6, 6.07) is 12.2. The molecule has 0 aliphatic carbocycles. The number of amides is 1. The van der Waals surface area contributed by atoms with Gasteiger partial charge in [-0.3, -0.25) is 9.78 Å². The lowest BCUT2D eigenvalue weighted by molar-refractivity contribution is -0.129. The first-order valence-electron chi connectivity index (χ1n) is 9.93. The van der Waals surface area contributed by atoms with Gasteiger partial charge in [0.15, 0.2) is 11.0 Å². The molecule has 0 saturated heterocycles. The number of hydrogen-bond acceptors (Lipinski definition) is 5. The topological polar surface area (TPSA) is 63.9 Å². The Kier molecular flexibility index (Phi) is 5.94. The van der Waals surface area contributed by atoms with Crippen LogP contribution in [0.2, 0.25) is 0 Å². The summed E-state index contributed by atoms with van der Waals surface area (Å²) in [5.74, 6) is 1.78. The molecule has 1 aliphatic rings. The molecule has 3 heterocycles. The van der Waals surface area contributed by atoms with Gasteiger partial charge in [0.2, 0.25) is 5.91 Å². The molecule has 0 saturated carbocycles. The molecule has 0 atom stereocenters. The first-order valence-corrected chi connectivity index (χ1v) is 10.9. The third-order valence-electron chi connectivity index (χ3n) is 5.01. The van der Waals surface area contributed by atoms with Crippen LogP contribution in [0.15, 0.2) is 53.9 Å². The second-order valence-electron chi connectivity index (χ2n) is 7.67. The van der Waals surface area contributed by atoms with Crippen molar-refractivity contribution in [3.63, 3.8) is 0 Å². The van der Waals surface area contributed by atoms with E-state index in [0.29, 0.717) is 18.2 Å². The zero-order valence-corrected chi connectivity index (χ0v) is 17.6. The van der Waals surface area contributed by atoms with E-state index in [4.69, 9.17) is 0 Å². The Bertz CT molecular complexity index is 986. The molecule has 3 aromatic rings. The van der Waals surface area contributed by atoms with Gasteiger partial charge < -0.3 is 9.47 Å². The molecule has 0 N–H and O–H groups in total. The number of aromatic nitrogens is 4. The number of hydrogen-bond donors (Lipinski definition) is 0. The lowest BCUT2D eigenvalue weighted by Gasteiger charge is -2.28. The molecule has 0 unspecified atom stereocenters. The number of fused-ring (bicyclic) bond motifs is 1. The summed E-state index contributed by atoms with van der Waals surface area (Å²) in [6.45, 7) is 6.61. The minimum Gasteiger partial charge on any atom is -0.337 e. The lowest BCUT2D eigenvalue weighted by atomic mass is 10.00. The first kappa shape index (κ1) is 19.6. The minimum absolute atomic E-state index is 0.147. The quantitative estimate of drug-likeness (QED) is 0.584. The van der Waals surface area contributed by atoms with E-state index >= 15 is 0 Å². The Balaban J connectivity index is 1.47. The van der Waals surface area contributed by atoms with Gasteiger partial charge in [-0.1, -0.05) is 49.9 Å². The van der Waals surface area contributed by atoms with E-state index < -0.39 is 0 Å². The van der Waals surface area contributed by atoms with Crippen LogP contribution in [0.3, 0.4) is 0 Å². The molecule has 4 rings (SSSR count). The summed E-state index contributed by atoms with van der Waals surface area (Å²) in [6.07, 6.45) is 4.44. The highest BCUT2D eigenvalue weighted by atomic mass is 32.2. The summed E-state index contributed by atoms with van der Waals surface area (Å²) < 4.78 is 2.11. The summed E-state index contributed by atoms with van der Waals surface area (Å²) in [7, 11) is 0. The fourth-order valence-electron chi connectivity index (χ4n) is 3.57. The van der Waals surface area contributed by atoms with Crippen molar-refractivity contribution in [3.8, 4) is 11.4 Å². The smallest absolute Gasteiger partial charge is 0.233 e. The van der Waals surface area contributed by atoms with Crippen molar-refractivity contribution in [2.45, 2.75) is 38.5 Å². The van der Waals surface area contributed by atoms with E-state index in [-0.39, 0.29) is 5.91 Å². The molecule has 29 heavy (non-hydrogen) atoms. The van der Waals surface area contributed by atoms with Crippen molar-refractivity contribution in [1.29, 1.82) is 0 Å². The molecule has 0 bridgehead atoms. The number of pyridine rings is 1. The summed E-state index contributed by atoms with van der Waals surface area (Å²) in [5.41, 5.74) is 3.59. The Hall–Kier alpha value is -2.67. The van der Waals surface area contributed by atoms with E-state index in [2.05, 4.69) is 51.8 Å². The standard InChI is InChI=1S/C22H25N5OS/c1-16(2)13-27-21(18-7-10-23-11-8-18)24-25-22(27)29-15-20(28)26-12-9-17-5-3-4-6-19(17)14-26/h3-8,10-11,16H,9,12-15H2,1-2H3. The summed E-state index contributed by atoms with van der Waals surface area (Å²) >= 11 is 1.47. The molecule has 7 heteroatoms. The Labute approximate surface area is 175 Å². The van der Waals surface area contributed by atoms with Gasteiger partial charge in [0.05, 0.1) is 5.75 Å². The van der Waals surface area contributed by atoms with Gasteiger partial charge in [-0.25, -0.2) is 0 Å². The second kappa shape index (κ2) is 8.78. The monoisotopic (exact) mass is 407 g/mol. The molecule has 1 aliphatic heterocycles.